The number of nitrogens with zero attached hydrogens (tertiary/aromatic N) is 2. The highest BCUT2D eigenvalue weighted by Gasteiger charge is 2.32. The molecule has 2 aliphatic rings. The Bertz CT molecular complexity index is 746. The Hall–Kier alpha value is -2.44. The van der Waals surface area contributed by atoms with Gasteiger partial charge in [-0.15, -0.1) is 13.2 Å². The molecule has 3 rings (SSSR count). The van der Waals surface area contributed by atoms with Crippen molar-refractivity contribution in [2.45, 2.75) is 26.1 Å². The summed E-state index contributed by atoms with van der Waals surface area (Å²) in [6, 6.07) is 3.93. The van der Waals surface area contributed by atoms with E-state index < -0.39 is 6.36 Å². The van der Waals surface area contributed by atoms with Crippen LogP contribution in [0.2, 0.25) is 0 Å². The summed E-state index contributed by atoms with van der Waals surface area (Å²) in [5.41, 5.74) is 2.94. The molecule has 0 saturated carbocycles. The Morgan fingerprint density at radius 3 is 2.64 bits per heavy atom. The van der Waals surface area contributed by atoms with E-state index in [1.807, 2.05) is 6.92 Å². The number of halogens is 3. The van der Waals surface area contributed by atoms with Gasteiger partial charge in [-0.05, 0) is 36.3 Å². The number of hydrogen-bond donors (Lipinski definition) is 0. The van der Waals surface area contributed by atoms with Crippen LogP contribution in [0.25, 0.3) is 5.57 Å². The van der Waals surface area contributed by atoms with Gasteiger partial charge >= 0.3 is 6.36 Å². The van der Waals surface area contributed by atoms with Gasteiger partial charge in [0, 0.05) is 24.1 Å². The van der Waals surface area contributed by atoms with Crippen LogP contribution in [-0.2, 0) is 11.2 Å². The van der Waals surface area contributed by atoms with E-state index in [4.69, 9.17) is 0 Å². The lowest BCUT2D eigenvalue weighted by molar-refractivity contribution is -0.274. The highest BCUT2D eigenvalue weighted by atomic mass is 19.4. The minimum atomic E-state index is -4.76. The molecule has 0 N–H and O–H groups in total. The van der Waals surface area contributed by atoms with E-state index in [-0.39, 0.29) is 18.0 Å². The van der Waals surface area contributed by atoms with Crippen LogP contribution in [0.3, 0.4) is 0 Å². The molecule has 0 unspecified atom stereocenters. The maximum absolute atomic E-state index is 12.3. The number of benzene rings is 1. The van der Waals surface area contributed by atoms with Crippen molar-refractivity contribution in [1.82, 2.24) is 0 Å². The van der Waals surface area contributed by atoms with Crippen molar-refractivity contribution in [3.05, 3.63) is 35.4 Å². The van der Waals surface area contributed by atoms with Gasteiger partial charge in [-0.25, -0.2) is 0 Å². The lowest BCUT2D eigenvalue weighted by atomic mass is 10.0. The summed E-state index contributed by atoms with van der Waals surface area (Å²) in [5.74, 6) is -0.487. The molecule has 1 aromatic rings. The summed E-state index contributed by atoms with van der Waals surface area (Å²) in [5, 5.41) is 7.82. The van der Waals surface area contributed by atoms with Crippen molar-refractivity contribution in [3.63, 3.8) is 0 Å². The van der Waals surface area contributed by atoms with Crippen molar-refractivity contribution in [3.8, 4) is 5.75 Å². The summed E-state index contributed by atoms with van der Waals surface area (Å²) >= 11 is 0. The molecule has 0 fully saturated rings. The first-order chi connectivity index (χ1) is 10.3. The smallest absolute Gasteiger partial charge is 0.406 e. The maximum Gasteiger partial charge on any atom is 0.573 e. The zero-order valence-corrected chi connectivity index (χ0v) is 11.6. The minimum Gasteiger partial charge on any atom is -0.406 e. The Labute approximate surface area is 124 Å². The van der Waals surface area contributed by atoms with Crippen molar-refractivity contribution < 1.29 is 22.7 Å². The van der Waals surface area contributed by atoms with Crippen LogP contribution in [0.4, 0.5) is 13.2 Å². The predicted molar refractivity (Wildman–Crippen MR) is 75.0 cm³/mol. The third kappa shape index (κ3) is 2.93. The molecule has 4 nitrogen and oxygen atoms in total. The highest BCUT2D eigenvalue weighted by Crippen LogP contribution is 2.34. The Balaban J connectivity index is 1.94. The van der Waals surface area contributed by atoms with Crippen LogP contribution in [0.15, 0.2) is 34.5 Å². The normalized spacial score (nSPS) is 19.3. The molecular weight excluding hydrogens is 297 g/mol. The van der Waals surface area contributed by atoms with Gasteiger partial charge in [0.1, 0.15) is 5.75 Å². The first kappa shape index (κ1) is 14.5. The van der Waals surface area contributed by atoms with E-state index in [9.17, 15) is 18.0 Å². The van der Waals surface area contributed by atoms with Crippen LogP contribution in [0.5, 0.6) is 5.75 Å². The van der Waals surface area contributed by atoms with E-state index in [0.717, 1.165) is 5.71 Å². The summed E-state index contributed by atoms with van der Waals surface area (Å²) in [7, 11) is 0. The second kappa shape index (κ2) is 5.08. The first-order valence-electron chi connectivity index (χ1n) is 6.56. The zero-order chi connectivity index (χ0) is 15.9. The summed E-state index contributed by atoms with van der Waals surface area (Å²) in [6.45, 7) is 1.81. The lowest BCUT2D eigenvalue weighted by Gasteiger charge is -2.10. The fraction of sp³-hybridized carbons (Fsp3) is 0.267. The van der Waals surface area contributed by atoms with Crippen LogP contribution in [-0.4, -0.2) is 23.6 Å². The van der Waals surface area contributed by atoms with Gasteiger partial charge in [-0.3, -0.25) is 4.79 Å². The molecular formula is C15H11F3N2O2. The van der Waals surface area contributed by atoms with Gasteiger partial charge in [0.05, 0.1) is 5.71 Å². The fourth-order valence-corrected chi connectivity index (χ4v) is 2.46. The van der Waals surface area contributed by atoms with Crippen molar-refractivity contribution >= 4 is 22.8 Å². The molecule has 0 atom stereocenters. The molecule has 1 aromatic carbocycles. The number of carbonyl (C=O) groups excluding carboxylic acids is 1. The summed E-state index contributed by atoms with van der Waals surface area (Å²) in [6.07, 6.45) is -2.47. The second-order valence-corrected chi connectivity index (χ2v) is 5.13. The molecule has 0 amide bonds. The number of ketones is 1. The Morgan fingerprint density at radius 1 is 1.23 bits per heavy atom. The number of rotatable bonds is 2. The molecule has 22 heavy (non-hydrogen) atoms. The topological polar surface area (TPSA) is 51.0 Å². The van der Waals surface area contributed by atoms with Crippen molar-refractivity contribution in [2.24, 2.45) is 10.2 Å². The van der Waals surface area contributed by atoms with Crippen LogP contribution < -0.4 is 4.74 Å². The van der Waals surface area contributed by atoms with E-state index >= 15 is 0 Å². The number of carbonyl (C=O) groups is 1. The van der Waals surface area contributed by atoms with Gasteiger partial charge < -0.3 is 4.74 Å². The van der Waals surface area contributed by atoms with Gasteiger partial charge in [0.25, 0.3) is 0 Å². The number of ether oxygens (including phenoxy) is 1. The predicted octanol–water partition coefficient (Wildman–Crippen LogP) is 3.31. The zero-order valence-electron chi connectivity index (χ0n) is 11.6. The van der Waals surface area contributed by atoms with E-state index in [1.54, 1.807) is 6.08 Å². The lowest BCUT2D eigenvalue weighted by Crippen LogP contribution is -2.17. The monoisotopic (exact) mass is 308 g/mol. The number of alkyl halides is 3. The van der Waals surface area contributed by atoms with Gasteiger partial charge in [0.2, 0.25) is 0 Å². The summed E-state index contributed by atoms with van der Waals surface area (Å²) in [4.78, 5) is 12.1. The van der Waals surface area contributed by atoms with Gasteiger partial charge in [-0.1, -0.05) is 6.07 Å². The largest absolute Gasteiger partial charge is 0.573 e. The number of allylic oxidation sites excluding steroid dienone is 2. The maximum atomic E-state index is 12.3. The first-order valence-corrected chi connectivity index (χ1v) is 6.56. The second-order valence-electron chi connectivity index (χ2n) is 5.13. The van der Waals surface area contributed by atoms with Gasteiger partial charge in [-0.2, -0.15) is 10.2 Å². The van der Waals surface area contributed by atoms with E-state index in [1.165, 1.54) is 18.2 Å². The quantitative estimate of drug-likeness (QED) is 0.787. The molecule has 1 heterocycles. The fourth-order valence-electron chi connectivity index (χ4n) is 2.46. The molecule has 114 valence electrons. The molecule has 0 bridgehead atoms. The number of hydrogen-bond acceptors (Lipinski definition) is 4. The van der Waals surface area contributed by atoms with Crippen LogP contribution in [0, 0.1) is 0 Å². The number of fused-ring (bicyclic) bond motifs is 1. The Morgan fingerprint density at radius 2 is 2.00 bits per heavy atom. The third-order valence-corrected chi connectivity index (χ3v) is 3.35. The van der Waals surface area contributed by atoms with Crippen molar-refractivity contribution in [1.29, 1.82) is 0 Å². The number of Topliss-reactive ketones (excluding diaryl/α,β-unsaturated/α-hetero) is 1. The van der Waals surface area contributed by atoms with E-state index in [2.05, 4.69) is 14.9 Å². The molecule has 1 aliphatic carbocycles. The SMILES string of the molecule is CC1=NN=C(/C=C2\C(=O)Cc3ccc(OC(F)(F)F)cc32)C1. The van der Waals surface area contributed by atoms with Gasteiger partial charge in [0.15, 0.2) is 5.78 Å². The average Bonchev–Trinajstić information content (AvgIpc) is 2.93. The molecule has 0 saturated heterocycles. The van der Waals surface area contributed by atoms with Crippen molar-refractivity contribution in [2.75, 3.05) is 0 Å². The van der Waals surface area contributed by atoms with Crippen LogP contribution >= 0.6 is 0 Å². The Kier molecular flexibility index (Phi) is 3.35. The molecule has 1 aliphatic heterocycles. The molecule has 0 spiro atoms. The minimum absolute atomic E-state index is 0.147. The standard InChI is InChI=1S/C15H11F3N2O2/c1-8-4-10(20-19-8)6-13-12-7-11(22-15(16,17)18)3-2-9(12)5-14(13)21/h2-3,6-7H,4-5H2,1H3/b13-6-. The summed E-state index contributed by atoms with van der Waals surface area (Å²) < 4.78 is 40.8. The molecule has 7 heteroatoms. The van der Waals surface area contributed by atoms with Crippen LogP contribution in [0.1, 0.15) is 24.5 Å². The molecule has 0 aromatic heterocycles. The van der Waals surface area contributed by atoms with E-state index in [0.29, 0.717) is 28.8 Å². The third-order valence-electron chi connectivity index (χ3n) is 3.35. The average molecular weight is 308 g/mol. The highest BCUT2D eigenvalue weighted by molar-refractivity contribution is 6.30. The molecule has 0 radical (unpaired) electrons.